The molecule has 0 bridgehead atoms. The molecule has 0 atom stereocenters. The molecule has 1 aromatic heterocycles. The minimum atomic E-state index is 0.0334. The molecule has 3 aromatic rings. The summed E-state index contributed by atoms with van der Waals surface area (Å²) in [6.45, 7) is 1.38. The average Bonchev–Trinajstić information content (AvgIpc) is 2.93. The topological polar surface area (TPSA) is 34.5 Å². The number of para-hydroxylation sites is 2. The van der Waals surface area contributed by atoms with Crippen LogP contribution >= 0.6 is 0 Å². The van der Waals surface area contributed by atoms with Gasteiger partial charge in [-0.2, -0.15) is 0 Å². The first-order valence-electron chi connectivity index (χ1n) is 8.18. The fraction of sp³-hybridized carbons (Fsp3) is 0.250. The molecule has 0 unspecified atom stereocenters. The molecular formula is C20H20N2O2. The Bertz CT molecular complexity index is 927. The Morgan fingerprint density at radius 3 is 2.67 bits per heavy atom. The molecule has 0 saturated carbocycles. The molecule has 4 nitrogen and oxygen atoms in total. The maximum absolute atomic E-state index is 13.0. The highest BCUT2D eigenvalue weighted by Crippen LogP contribution is 2.31. The Morgan fingerprint density at radius 2 is 1.83 bits per heavy atom. The van der Waals surface area contributed by atoms with E-state index in [-0.39, 0.29) is 5.91 Å². The van der Waals surface area contributed by atoms with Crippen molar-refractivity contribution >= 4 is 16.8 Å². The van der Waals surface area contributed by atoms with Crippen molar-refractivity contribution < 1.29 is 9.53 Å². The lowest BCUT2D eigenvalue weighted by molar-refractivity contribution is 0.0731. The van der Waals surface area contributed by atoms with Gasteiger partial charge < -0.3 is 14.2 Å². The summed E-state index contributed by atoms with van der Waals surface area (Å²) in [7, 11) is 3.71. The number of rotatable bonds is 2. The summed E-state index contributed by atoms with van der Waals surface area (Å²) >= 11 is 0. The number of aryl methyl sites for hydroxylation is 1. The van der Waals surface area contributed by atoms with Crippen LogP contribution in [0, 0.1) is 0 Å². The normalized spacial score (nSPS) is 13.8. The van der Waals surface area contributed by atoms with Crippen molar-refractivity contribution in [3.05, 3.63) is 65.4 Å². The van der Waals surface area contributed by atoms with Crippen LogP contribution in [0.5, 0.6) is 5.75 Å². The van der Waals surface area contributed by atoms with Crippen molar-refractivity contribution in [2.75, 3.05) is 13.7 Å². The molecule has 1 aliphatic rings. The summed E-state index contributed by atoms with van der Waals surface area (Å²) in [6.07, 6.45) is 0.876. The van der Waals surface area contributed by atoms with Crippen LogP contribution in [0.4, 0.5) is 0 Å². The van der Waals surface area contributed by atoms with Gasteiger partial charge in [-0.25, -0.2) is 0 Å². The van der Waals surface area contributed by atoms with Crippen molar-refractivity contribution in [3.63, 3.8) is 0 Å². The number of fused-ring (bicyclic) bond motifs is 3. The van der Waals surface area contributed by atoms with E-state index in [0.29, 0.717) is 17.9 Å². The largest absolute Gasteiger partial charge is 0.496 e. The number of aromatic nitrogens is 1. The SMILES string of the molecule is COc1ccccc1C(=O)N1CCc2c(c3ccccc3n2C)C1. The lowest BCUT2D eigenvalue weighted by Gasteiger charge is -2.28. The standard InChI is InChI=1S/C20H20N2O2/c1-21-17-9-5-3-7-14(17)16-13-22(12-11-18(16)21)20(23)15-8-4-6-10-19(15)24-2/h3-10H,11-13H2,1-2H3. The van der Waals surface area contributed by atoms with Gasteiger partial charge in [0.15, 0.2) is 0 Å². The summed E-state index contributed by atoms with van der Waals surface area (Å²) in [5.41, 5.74) is 4.46. The van der Waals surface area contributed by atoms with E-state index in [1.54, 1.807) is 7.11 Å². The van der Waals surface area contributed by atoms with Gasteiger partial charge in [-0.15, -0.1) is 0 Å². The molecule has 122 valence electrons. The number of amides is 1. The fourth-order valence-corrected chi connectivity index (χ4v) is 3.70. The molecule has 24 heavy (non-hydrogen) atoms. The number of carbonyl (C=O) groups excluding carboxylic acids is 1. The van der Waals surface area contributed by atoms with Crippen molar-refractivity contribution in [2.24, 2.45) is 7.05 Å². The zero-order chi connectivity index (χ0) is 16.7. The lowest BCUT2D eigenvalue weighted by Crippen LogP contribution is -2.36. The van der Waals surface area contributed by atoms with Crippen LogP contribution in [0.2, 0.25) is 0 Å². The third-order valence-electron chi connectivity index (χ3n) is 4.94. The fourth-order valence-electron chi connectivity index (χ4n) is 3.70. The third kappa shape index (κ3) is 2.18. The van der Waals surface area contributed by atoms with Gasteiger partial charge in [-0.3, -0.25) is 4.79 Å². The van der Waals surface area contributed by atoms with Gasteiger partial charge in [0, 0.05) is 48.7 Å². The van der Waals surface area contributed by atoms with E-state index >= 15 is 0 Å². The molecule has 0 N–H and O–H groups in total. The molecule has 2 heterocycles. The number of ether oxygens (including phenoxy) is 1. The number of nitrogens with zero attached hydrogens (tertiary/aromatic N) is 2. The van der Waals surface area contributed by atoms with Crippen molar-refractivity contribution in [3.8, 4) is 5.75 Å². The van der Waals surface area contributed by atoms with Crippen molar-refractivity contribution in [1.82, 2.24) is 9.47 Å². The van der Waals surface area contributed by atoms with Crippen LogP contribution in [0.25, 0.3) is 10.9 Å². The molecule has 4 heteroatoms. The van der Waals surface area contributed by atoms with Gasteiger partial charge in [-0.1, -0.05) is 30.3 Å². The van der Waals surface area contributed by atoms with E-state index in [4.69, 9.17) is 4.74 Å². The summed E-state index contributed by atoms with van der Waals surface area (Å²) in [5.74, 6) is 0.664. The van der Waals surface area contributed by atoms with Crippen LogP contribution in [0.3, 0.4) is 0 Å². The van der Waals surface area contributed by atoms with E-state index in [9.17, 15) is 4.79 Å². The first-order chi connectivity index (χ1) is 11.7. The Labute approximate surface area is 141 Å². The predicted octanol–water partition coefficient (Wildman–Crippen LogP) is 3.39. The molecule has 1 aliphatic heterocycles. The summed E-state index contributed by atoms with van der Waals surface area (Å²) in [6, 6.07) is 15.8. The first-order valence-corrected chi connectivity index (χ1v) is 8.18. The van der Waals surface area contributed by atoms with E-state index in [2.05, 4.69) is 35.9 Å². The van der Waals surface area contributed by atoms with Crippen LogP contribution < -0.4 is 4.74 Å². The molecular weight excluding hydrogens is 300 g/mol. The number of hydrogen-bond acceptors (Lipinski definition) is 2. The van der Waals surface area contributed by atoms with Gasteiger partial charge in [0.25, 0.3) is 5.91 Å². The van der Waals surface area contributed by atoms with E-state index in [1.807, 2.05) is 29.2 Å². The second-order valence-corrected chi connectivity index (χ2v) is 6.18. The van der Waals surface area contributed by atoms with Crippen LogP contribution in [0.1, 0.15) is 21.6 Å². The van der Waals surface area contributed by atoms with Gasteiger partial charge in [-0.05, 0) is 18.2 Å². The number of carbonyl (C=O) groups is 1. The third-order valence-corrected chi connectivity index (χ3v) is 4.94. The Morgan fingerprint density at radius 1 is 1.08 bits per heavy atom. The second kappa shape index (κ2) is 5.71. The molecule has 0 saturated heterocycles. The van der Waals surface area contributed by atoms with Gasteiger partial charge in [0.1, 0.15) is 5.75 Å². The minimum Gasteiger partial charge on any atom is -0.496 e. The molecule has 0 radical (unpaired) electrons. The average molecular weight is 320 g/mol. The first kappa shape index (κ1) is 14.8. The maximum Gasteiger partial charge on any atom is 0.257 e. The monoisotopic (exact) mass is 320 g/mol. The lowest BCUT2D eigenvalue weighted by atomic mass is 10.0. The number of benzene rings is 2. The smallest absolute Gasteiger partial charge is 0.257 e. The summed E-state index contributed by atoms with van der Waals surface area (Å²) in [4.78, 5) is 14.9. The molecule has 4 rings (SSSR count). The molecule has 1 amide bonds. The minimum absolute atomic E-state index is 0.0334. The Kier molecular flexibility index (Phi) is 3.53. The molecule has 0 spiro atoms. The summed E-state index contributed by atoms with van der Waals surface area (Å²) in [5, 5.41) is 1.24. The van der Waals surface area contributed by atoms with Gasteiger partial charge in [0.05, 0.1) is 12.7 Å². The molecule has 0 aliphatic carbocycles. The van der Waals surface area contributed by atoms with Gasteiger partial charge >= 0.3 is 0 Å². The van der Waals surface area contributed by atoms with Crippen LogP contribution in [-0.2, 0) is 20.0 Å². The Hall–Kier alpha value is -2.75. The summed E-state index contributed by atoms with van der Waals surface area (Å²) < 4.78 is 7.61. The maximum atomic E-state index is 13.0. The van der Waals surface area contributed by atoms with E-state index < -0.39 is 0 Å². The predicted molar refractivity (Wildman–Crippen MR) is 94.4 cm³/mol. The van der Waals surface area contributed by atoms with Crippen molar-refractivity contribution in [2.45, 2.75) is 13.0 Å². The number of methoxy groups -OCH3 is 1. The zero-order valence-corrected chi connectivity index (χ0v) is 14.0. The molecule has 2 aromatic carbocycles. The number of hydrogen-bond donors (Lipinski definition) is 0. The van der Waals surface area contributed by atoms with E-state index in [1.165, 1.54) is 22.2 Å². The Balaban J connectivity index is 1.72. The van der Waals surface area contributed by atoms with Gasteiger partial charge in [0.2, 0.25) is 0 Å². The quantitative estimate of drug-likeness (QED) is 0.725. The van der Waals surface area contributed by atoms with E-state index in [0.717, 1.165) is 13.0 Å². The highest BCUT2D eigenvalue weighted by molar-refractivity contribution is 5.97. The highest BCUT2D eigenvalue weighted by atomic mass is 16.5. The second-order valence-electron chi connectivity index (χ2n) is 6.18. The van der Waals surface area contributed by atoms with Crippen LogP contribution in [0.15, 0.2) is 48.5 Å². The van der Waals surface area contributed by atoms with Crippen LogP contribution in [-0.4, -0.2) is 29.0 Å². The highest BCUT2D eigenvalue weighted by Gasteiger charge is 2.27. The molecule has 0 fully saturated rings. The van der Waals surface area contributed by atoms with Crippen molar-refractivity contribution in [1.29, 1.82) is 0 Å². The zero-order valence-electron chi connectivity index (χ0n) is 14.0.